The first-order valence-corrected chi connectivity index (χ1v) is 5.50. The Bertz CT molecular complexity index is 463. The van der Waals surface area contributed by atoms with Crippen molar-refractivity contribution in [3.63, 3.8) is 0 Å². The average molecular weight is 239 g/mol. The van der Waals surface area contributed by atoms with Crippen LogP contribution < -0.4 is 10.9 Å². The van der Waals surface area contributed by atoms with Gasteiger partial charge < -0.3 is 15.0 Å². The number of aromatic nitrogens is 2. The van der Waals surface area contributed by atoms with Gasteiger partial charge in [-0.2, -0.15) is 0 Å². The van der Waals surface area contributed by atoms with Gasteiger partial charge in [-0.3, -0.25) is 4.79 Å². The van der Waals surface area contributed by atoms with Crippen molar-refractivity contribution in [2.45, 2.75) is 32.2 Å². The first kappa shape index (κ1) is 13.2. The fourth-order valence-electron chi connectivity index (χ4n) is 1.59. The molecule has 0 aromatic carbocycles. The molecular formula is C11H17N3O3. The second-order valence-corrected chi connectivity index (χ2v) is 3.91. The normalized spacial score (nSPS) is 11.2. The van der Waals surface area contributed by atoms with Crippen LogP contribution in [0.3, 0.4) is 0 Å². The van der Waals surface area contributed by atoms with Crippen LogP contribution in [0.25, 0.3) is 0 Å². The Hall–Kier alpha value is -1.85. The van der Waals surface area contributed by atoms with E-state index in [1.54, 1.807) is 20.9 Å². The fourth-order valence-corrected chi connectivity index (χ4v) is 1.59. The Morgan fingerprint density at radius 3 is 2.59 bits per heavy atom. The summed E-state index contributed by atoms with van der Waals surface area (Å²) in [6.45, 7) is 3.52. The van der Waals surface area contributed by atoms with Gasteiger partial charge in [0.15, 0.2) is 5.82 Å². The summed E-state index contributed by atoms with van der Waals surface area (Å²) in [6, 6.07) is 0. The maximum atomic E-state index is 11.7. The van der Waals surface area contributed by atoms with Gasteiger partial charge in [0.05, 0.1) is 0 Å². The van der Waals surface area contributed by atoms with Gasteiger partial charge in [-0.1, -0.05) is 13.8 Å². The predicted octanol–water partition coefficient (Wildman–Crippen LogP) is 0.836. The highest BCUT2D eigenvalue weighted by Crippen LogP contribution is 2.19. The molecule has 17 heavy (non-hydrogen) atoms. The van der Waals surface area contributed by atoms with Crippen LogP contribution in [0.5, 0.6) is 0 Å². The number of nitrogens with one attached hydrogen (secondary N) is 1. The molecule has 2 N–H and O–H groups in total. The number of anilines is 1. The first-order valence-electron chi connectivity index (χ1n) is 5.50. The molecule has 0 aliphatic carbocycles. The van der Waals surface area contributed by atoms with Gasteiger partial charge in [0.2, 0.25) is 0 Å². The minimum absolute atomic E-state index is 0.0705. The van der Waals surface area contributed by atoms with Crippen molar-refractivity contribution < 1.29 is 9.90 Å². The summed E-state index contributed by atoms with van der Waals surface area (Å²) in [4.78, 5) is 26.9. The number of aryl methyl sites for hydroxylation is 1. The third-order valence-electron chi connectivity index (χ3n) is 2.99. The minimum atomic E-state index is -1.14. The lowest BCUT2D eigenvalue weighted by Gasteiger charge is -2.28. The molecule has 0 radical (unpaired) electrons. The number of rotatable bonds is 5. The van der Waals surface area contributed by atoms with E-state index in [9.17, 15) is 14.7 Å². The van der Waals surface area contributed by atoms with Gasteiger partial charge in [0.1, 0.15) is 5.54 Å². The number of aliphatic carboxylic acids is 1. The third kappa shape index (κ3) is 2.46. The Kier molecular flexibility index (Phi) is 3.88. The molecule has 0 fully saturated rings. The Labute approximate surface area is 99.3 Å². The number of nitrogens with zero attached hydrogens (tertiary/aromatic N) is 2. The zero-order chi connectivity index (χ0) is 13.1. The van der Waals surface area contributed by atoms with Crippen molar-refractivity contribution in [2.75, 3.05) is 5.32 Å². The summed E-state index contributed by atoms with van der Waals surface area (Å²) in [6.07, 6.45) is 3.73. The molecular weight excluding hydrogens is 222 g/mol. The molecule has 1 aromatic rings. The highest BCUT2D eigenvalue weighted by molar-refractivity contribution is 5.82. The van der Waals surface area contributed by atoms with Crippen molar-refractivity contribution in [1.29, 1.82) is 0 Å². The topological polar surface area (TPSA) is 84.2 Å². The van der Waals surface area contributed by atoms with Crippen LogP contribution in [0.2, 0.25) is 0 Å². The van der Waals surface area contributed by atoms with Crippen molar-refractivity contribution in [3.05, 3.63) is 22.7 Å². The van der Waals surface area contributed by atoms with E-state index in [2.05, 4.69) is 10.3 Å². The monoisotopic (exact) mass is 239 g/mol. The molecule has 0 saturated heterocycles. The second-order valence-electron chi connectivity index (χ2n) is 3.91. The van der Waals surface area contributed by atoms with E-state index in [0.717, 1.165) is 0 Å². The van der Waals surface area contributed by atoms with Gasteiger partial charge >= 0.3 is 5.97 Å². The molecule has 1 heterocycles. The average Bonchev–Trinajstić information content (AvgIpc) is 2.31. The largest absolute Gasteiger partial charge is 0.480 e. The van der Waals surface area contributed by atoms with Crippen LogP contribution in [0.1, 0.15) is 26.7 Å². The Morgan fingerprint density at radius 1 is 1.53 bits per heavy atom. The summed E-state index contributed by atoms with van der Waals surface area (Å²) in [5.74, 6) is -0.906. The molecule has 6 nitrogen and oxygen atoms in total. The van der Waals surface area contributed by atoms with Crippen molar-refractivity contribution >= 4 is 11.8 Å². The van der Waals surface area contributed by atoms with E-state index in [4.69, 9.17) is 0 Å². The Morgan fingerprint density at radius 2 is 2.12 bits per heavy atom. The summed E-state index contributed by atoms with van der Waals surface area (Å²) in [5.41, 5.74) is -1.47. The maximum Gasteiger partial charge on any atom is 0.329 e. The maximum absolute atomic E-state index is 11.7. The quantitative estimate of drug-likeness (QED) is 0.795. The summed E-state index contributed by atoms with van der Waals surface area (Å²) >= 11 is 0. The highest BCUT2D eigenvalue weighted by Gasteiger charge is 2.35. The molecule has 1 rings (SSSR count). The number of hydrogen-bond acceptors (Lipinski definition) is 4. The number of carbonyl (C=O) groups is 1. The summed E-state index contributed by atoms with van der Waals surface area (Å²) < 4.78 is 1.35. The standard InChI is InChI=1S/C11H17N3O3/c1-4-11(5-2,10(16)17)13-8-9(15)14(3)7-6-12-8/h6-7H,4-5H2,1-3H3,(H,12,13)(H,16,17). The summed E-state index contributed by atoms with van der Waals surface area (Å²) in [7, 11) is 1.59. The van der Waals surface area contributed by atoms with E-state index in [0.29, 0.717) is 12.8 Å². The molecule has 0 atom stereocenters. The third-order valence-corrected chi connectivity index (χ3v) is 2.99. The van der Waals surface area contributed by atoms with Crippen LogP contribution in [-0.2, 0) is 11.8 Å². The minimum Gasteiger partial charge on any atom is -0.480 e. The van der Waals surface area contributed by atoms with Crippen molar-refractivity contribution in [1.82, 2.24) is 9.55 Å². The van der Waals surface area contributed by atoms with Crippen molar-refractivity contribution in [2.24, 2.45) is 7.05 Å². The first-order chi connectivity index (χ1) is 7.96. The van der Waals surface area contributed by atoms with Gasteiger partial charge in [0.25, 0.3) is 5.56 Å². The van der Waals surface area contributed by atoms with Crippen LogP contribution in [0.4, 0.5) is 5.82 Å². The van der Waals surface area contributed by atoms with E-state index in [-0.39, 0.29) is 11.4 Å². The zero-order valence-corrected chi connectivity index (χ0v) is 10.2. The molecule has 0 amide bonds. The smallest absolute Gasteiger partial charge is 0.329 e. The van der Waals surface area contributed by atoms with E-state index in [1.165, 1.54) is 17.0 Å². The second kappa shape index (κ2) is 4.99. The van der Waals surface area contributed by atoms with E-state index in [1.807, 2.05) is 0 Å². The van der Waals surface area contributed by atoms with Crippen LogP contribution in [0.15, 0.2) is 17.2 Å². The number of carboxylic acid groups (broad SMARTS) is 1. The lowest BCUT2D eigenvalue weighted by atomic mass is 9.93. The Balaban J connectivity index is 3.15. The highest BCUT2D eigenvalue weighted by atomic mass is 16.4. The molecule has 6 heteroatoms. The van der Waals surface area contributed by atoms with E-state index < -0.39 is 11.5 Å². The van der Waals surface area contributed by atoms with Gasteiger partial charge in [-0.15, -0.1) is 0 Å². The summed E-state index contributed by atoms with van der Waals surface area (Å²) in [5, 5.41) is 12.0. The molecule has 0 bridgehead atoms. The molecule has 0 spiro atoms. The molecule has 0 aliphatic rings. The van der Waals surface area contributed by atoms with Gasteiger partial charge in [0, 0.05) is 19.4 Å². The van der Waals surface area contributed by atoms with Crippen LogP contribution >= 0.6 is 0 Å². The predicted molar refractivity (Wildman–Crippen MR) is 64.0 cm³/mol. The van der Waals surface area contributed by atoms with Crippen LogP contribution in [-0.4, -0.2) is 26.2 Å². The molecule has 0 saturated carbocycles. The fraction of sp³-hybridized carbons (Fsp3) is 0.545. The van der Waals surface area contributed by atoms with Crippen molar-refractivity contribution in [3.8, 4) is 0 Å². The lowest BCUT2D eigenvalue weighted by molar-refractivity contribution is -0.142. The van der Waals surface area contributed by atoms with E-state index >= 15 is 0 Å². The van der Waals surface area contributed by atoms with Gasteiger partial charge in [-0.05, 0) is 12.8 Å². The number of carboxylic acids is 1. The lowest BCUT2D eigenvalue weighted by Crippen LogP contribution is -2.47. The number of hydrogen-bond donors (Lipinski definition) is 2. The molecule has 0 unspecified atom stereocenters. The zero-order valence-electron chi connectivity index (χ0n) is 10.2. The SMILES string of the molecule is CCC(CC)(Nc1nccn(C)c1=O)C(=O)O. The molecule has 94 valence electrons. The van der Waals surface area contributed by atoms with Gasteiger partial charge in [-0.25, -0.2) is 9.78 Å². The molecule has 1 aromatic heterocycles. The molecule has 0 aliphatic heterocycles. The van der Waals surface area contributed by atoms with Crippen LogP contribution in [0, 0.1) is 0 Å².